The van der Waals surface area contributed by atoms with Gasteiger partial charge in [-0.15, -0.1) is 0 Å². The highest BCUT2D eigenvalue weighted by Crippen LogP contribution is 2.30. The number of nitrogens with one attached hydrogen (secondary N) is 1. The molecule has 1 N–H and O–H groups in total. The van der Waals surface area contributed by atoms with Gasteiger partial charge in [-0.05, 0) is 23.8 Å². The molecule has 0 aliphatic carbocycles. The summed E-state index contributed by atoms with van der Waals surface area (Å²) in [5.74, 6) is -0.791. The summed E-state index contributed by atoms with van der Waals surface area (Å²) in [5, 5.41) is 2.28. The van der Waals surface area contributed by atoms with Gasteiger partial charge in [0.15, 0.2) is 0 Å². The van der Waals surface area contributed by atoms with Crippen LogP contribution >= 0.6 is 0 Å². The van der Waals surface area contributed by atoms with Crippen molar-refractivity contribution < 1.29 is 18.0 Å². The minimum atomic E-state index is -4.55. The fourth-order valence-corrected chi connectivity index (χ4v) is 2.72. The zero-order valence-electron chi connectivity index (χ0n) is 15.0. The van der Waals surface area contributed by atoms with E-state index in [1.807, 2.05) is 18.2 Å². The van der Waals surface area contributed by atoms with Crippen LogP contribution in [-0.2, 0) is 24.1 Å². The Labute approximate surface area is 162 Å². The van der Waals surface area contributed by atoms with Crippen molar-refractivity contribution in [3.05, 3.63) is 98.8 Å². The van der Waals surface area contributed by atoms with E-state index >= 15 is 0 Å². The van der Waals surface area contributed by atoms with E-state index in [0.717, 1.165) is 34.4 Å². The first-order valence-electron chi connectivity index (χ1n) is 8.55. The maximum atomic E-state index is 12.8. The molecule has 29 heavy (non-hydrogen) atoms. The van der Waals surface area contributed by atoms with Crippen LogP contribution in [0.4, 0.5) is 18.9 Å². The zero-order chi connectivity index (χ0) is 21.0. The van der Waals surface area contributed by atoms with Crippen LogP contribution in [0.15, 0.2) is 76.4 Å². The Morgan fingerprint density at radius 1 is 0.966 bits per heavy atom. The average Bonchev–Trinajstić information content (AvgIpc) is 2.68. The van der Waals surface area contributed by atoms with Gasteiger partial charge in [0, 0.05) is 18.0 Å². The Bertz CT molecular complexity index is 1140. The van der Waals surface area contributed by atoms with Gasteiger partial charge in [-0.3, -0.25) is 18.7 Å². The summed E-state index contributed by atoms with van der Waals surface area (Å²) in [5.41, 5.74) is -1.55. The largest absolute Gasteiger partial charge is 0.416 e. The van der Waals surface area contributed by atoms with Crippen LogP contribution in [0.25, 0.3) is 0 Å². The normalized spacial score (nSPS) is 11.3. The number of aromatic nitrogens is 2. The van der Waals surface area contributed by atoms with Gasteiger partial charge in [-0.25, -0.2) is 4.79 Å². The molecule has 0 saturated heterocycles. The topological polar surface area (TPSA) is 73.1 Å². The lowest BCUT2D eigenvalue weighted by Gasteiger charge is -2.12. The van der Waals surface area contributed by atoms with E-state index < -0.39 is 35.4 Å². The predicted octanol–water partition coefficient (Wildman–Crippen LogP) is 2.72. The molecule has 0 atom stereocenters. The molecule has 0 fully saturated rings. The van der Waals surface area contributed by atoms with Crippen molar-refractivity contribution in [1.82, 2.24) is 9.13 Å². The van der Waals surface area contributed by atoms with E-state index in [0.29, 0.717) is 0 Å². The number of alkyl halides is 3. The second kappa shape index (κ2) is 8.17. The van der Waals surface area contributed by atoms with E-state index in [9.17, 15) is 27.6 Å². The molecule has 0 radical (unpaired) electrons. The standard InChI is InChI=1S/C20H16F3N3O3/c21-20(22,23)15-7-4-8-16(11-15)24-17(27)13-26-18(28)9-10-25(19(26)29)12-14-5-2-1-3-6-14/h1-11H,12-13H2,(H,24,27). The Balaban J connectivity index is 1.79. The number of amides is 1. The molecule has 6 nitrogen and oxygen atoms in total. The Morgan fingerprint density at radius 2 is 1.69 bits per heavy atom. The lowest BCUT2D eigenvalue weighted by Crippen LogP contribution is -2.41. The molecule has 0 bridgehead atoms. The number of carbonyl (C=O) groups excluding carboxylic acids is 1. The molecule has 0 spiro atoms. The van der Waals surface area contributed by atoms with Crippen LogP contribution in [0.1, 0.15) is 11.1 Å². The second-order valence-corrected chi connectivity index (χ2v) is 6.26. The summed E-state index contributed by atoms with van der Waals surface area (Å²) >= 11 is 0. The van der Waals surface area contributed by atoms with E-state index in [2.05, 4.69) is 5.32 Å². The third kappa shape index (κ3) is 5.01. The van der Waals surface area contributed by atoms with Crippen LogP contribution in [0, 0.1) is 0 Å². The molecule has 1 amide bonds. The quantitative estimate of drug-likeness (QED) is 0.712. The van der Waals surface area contributed by atoms with E-state index in [4.69, 9.17) is 0 Å². The fraction of sp³-hybridized carbons (Fsp3) is 0.150. The van der Waals surface area contributed by atoms with Crippen molar-refractivity contribution in [1.29, 1.82) is 0 Å². The summed E-state index contributed by atoms with van der Waals surface area (Å²) in [6, 6.07) is 14.3. The summed E-state index contributed by atoms with van der Waals surface area (Å²) in [4.78, 5) is 36.8. The highest BCUT2D eigenvalue weighted by molar-refractivity contribution is 5.90. The molecular formula is C20H16F3N3O3. The van der Waals surface area contributed by atoms with Crippen LogP contribution in [-0.4, -0.2) is 15.0 Å². The molecule has 1 aromatic heterocycles. The van der Waals surface area contributed by atoms with Crippen LogP contribution in [0.5, 0.6) is 0 Å². The summed E-state index contributed by atoms with van der Waals surface area (Å²) in [7, 11) is 0. The van der Waals surface area contributed by atoms with Gasteiger partial charge in [-0.1, -0.05) is 36.4 Å². The summed E-state index contributed by atoms with van der Waals surface area (Å²) in [6.07, 6.45) is -3.22. The smallest absolute Gasteiger partial charge is 0.325 e. The van der Waals surface area contributed by atoms with Gasteiger partial charge in [-0.2, -0.15) is 13.2 Å². The molecular weight excluding hydrogens is 387 g/mol. The fourth-order valence-electron chi connectivity index (χ4n) is 2.72. The molecule has 9 heteroatoms. The maximum absolute atomic E-state index is 12.8. The number of carbonyl (C=O) groups is 1. The Morgan fingerprint density at radius 3 is 2.38 bits per heavy atom. The van der Waals surface area contributed by atoms with Crippen LogP contribution in [0.2, 0.25) is 0 Å². The van der Waals surface area contributed by atoms with Crippen molar-refractivity contribution in [2.75, 3.05) is 5.32 Å². The maximum Gasteiger partial charge on any atom is 0.416 e. The number of rotatable bonds is 5. The van der Waals surface area contributed by atoms with Crippen LogP contribution in [0.3, 0.4) is 0 Å². The minimum Gasteiger partial charge on any atom is -0.325 e. The highest BCUT2D eigenvalue weighted by Gasteiger charge is 2.30. The van der Waals surface area contributed by atoms with E-state index in [1.54, 1.807) is 12.1 Å². The summed E-state index contributed by atoms with van der Waals surface area (Å²) in [6.45, 7) is -0.418. The number of halogens is 3. The van der Waals surface area contributed by atoms with Crippen LogP contribution < -0.4 is 16.6 Å². The number of hydrogen-bond donors (Lipinski definition) is 1. The number of benzene rings is 2. The van der Waals surface area contributed by atoms with Gasteiger partial charge in [0.1, 0.15) is 6.54 Å². The summed E-state index contributed by atoms with van der Waals surface area (Å²) < 4.78 is 40.3. The number of nitrogens with zero attached hydrogens (tertiary/aromatic N) is 2. The lowest BCUT2D eigenvalue weighted by atomic mass is 10.2. The van der Waals surface area contributed by atoms with Crippen molar-refractivity contribution in [3.8, 4) is 0 Å². The first kappa shape index (κ1) is 20.1. The van der Waals surface area contributed by atoms with Crippen molar-refractivity contribution >= 4 is 11.6 Å². The van der Waals surface area contributed by atoms with Gasteiger partial charge >= 0.3 is 11.9 Å². The van der Waals surface area contributed by atoms with Gasteiger partial charge < -0.3 is 5.32 Å². The molecule has 0 unspecified atom stereocenters. The molecule has 0 aliphatic rings. The Hall–Kier alpha value is -3.62. The van der Waals surface area contributed by atoms with E-state index in [-0.39, 0.29) is 12.2 Å². The van der Waals surface area contributed by atoms with Crippen molar-refractivity contribution in [2.24, 2.45) is 0 Å². The molecule has 3 aromatic rings. The third-order valence-electron chi connectivity index (χ3n) is 4.11. The molecule has 1 heterocycles. The Kier molecular flexibility index (Phi) is 5.67. The number of anilines is 1. The highest BCUT2D eigenvalue weighted by atomic mass is 19.4. The minimum absolute atomic E-state index is 0.0848. The third-order valence-corrected chi connectivity index (χ3v) is 4.11. The molecule has 2 aromatic carbocycles. The van der Waals surface area contributed by atoms with Gasteiger partial charge in [0.25, 0.3) is 5.56 Å². The first-order chi connectivity index (χ1) is 13.7. The second-order valence-electron chi connectivity index (χ2n) is 6.26. The van der Waals surface area contributed by atoms with Crippen molar-refractivity contribution in [3.63, 3.8) is 0 Å². The molecule has 3 rings (SSSR count). The van der Waals surface area contributed by atoms with Gasteiger partial charge in [0.2, 0.25) is 5.91 Å². The monoisotopic (exact) mass is 403 g/mol. The number of hydrogen-bond acceptors (Lipinski definition) is 3. The lowest BCUT2D eigenvalue weighted by molar-refractivity contribution is -0.137. The molecule has 0 aliphatic heterocycles. The average molecular weight is 403 g/mol. The van der Waals surface area contributed by atoms with Crippen molar-refractivity contribution in [2.45, 2.75) is 19.3 Å². The molecule has 0 saturated carbocycles. The SMILES string of the molecule is O=C(Cn1c(=O)ccn(Cc2ccccc2)c1=O)Nc1cccc(C(F)(F)F)c1. The molecule has 150 valence electrons. The predicted molar refractivity (Wildman–Crippen MR) is 101 cm³/mol. The van der Waals surface area contributed by atoms with E-state index in [1.165, 1.54) is 16.8 Å². The zero-order valence-corrected chi connectivity index (χ0v) is 15.0. The first-order valence-corrected chi connectivity index (χ1v) is 8.55. The van der Waals surface area contributed by atoms with Gasteiger partial charge in [0.05, 0.1) is 12.1 Å².